The number of halogens is 1. The van der Waals surface area contributed by atoms with Crippen LogP contribution in [0.25, 0.3) is 0 Å². The predicted octanol–water partition coefficient (Wildman–Crippen LogP) is 4.13. The van der Waals surface area contributed by atoms with Gasteiger partial charge in [-0.2, -0.15) is 0 Å². The number of hydrogen-bond donors (Lipinski definition) is 2. The highest BCUT2D eigenvalue weighted by atomic mass is 79.9. The fraction of sp³-hybridized carbons (Fsp3) is 0.273. The first-order valence-corrected chi connectivity index (χ1v) is 10.00. The van der Waals surface area contributed by atoms with E-state index < -0.39 is 17.6 Å². The van der Waals surface area contributed by atoms with Gasteiger partial charge in [-0.1, -0.05) is 34.1 Å². The van der Waals surface area contributed by atoms with E-state index in [-0.39, 0.29) is 18.9 Å². The SMILES string of the molecule is C=CC[C@@]1(C(=O)O)N=C(c2ccc(OCCCO)cc2)O[C@@H]1c1ccc(Br)cc1. The Balaban J connectivity index is 1.92. The van der Waals surface area contributed by atoms with Crippen LogP contribution in [-0.2, 0) is 9.53 Å². The topological polar surface area (TPSA) is 88.4 Å². The molecule has 0 unspecified atom stereocenters. The molecule has 0 amide bonds. The Labute approximate surface area is 177 Å². The van der Waals surface area contributed by atoms with Crippen LogP contribution in [0, 0.1) is 0 Å². The van der Waals surface area contributed by atoms with E-state index in [2.05, 4.69) is 27.5 Å². The van der Waals surface area contributed by atoms with Crippen LogP contribution in [0.1, 0.15) is 30.1 Å². The van der Waals surface area contributed by atoms with Crippen molar-refractivity contribution in [3.63, 3.8) is 0 Å². The maximum Gasteiger partial charge on any atom is 0.336 e. The lowest BCUT2D eigenvalue weighted by Crippen LogP contribution is -2.40. The summed E-state index contributed by atoms with van der Waals surface area (Å²) in [6.07, 6.45) is 1.46. The van der Waals surface area contributed by atoms with E-state index in [4.69, 9.17) is 14.6 Å². The molecular formula is C22H22BrNO5. The van der Waals surface area contributed by atoms with Gasteiger partial charge in [-0.3, -0.25) is 0 Å². The van der Waals surface area contributed by atoms with Gasteiger partial charge in [-0.15, -0.1) is 6.58 Å². The van der Waals surface area contributed by atoms with Gasteiger partial charge in [-0.25, -0.2) is 9.79 Å². The molecular weight excluding hydrogens is 438 g/mol. The van der Waals surface area contributed by atoms with Gasteiger partial charge in [0.15, 0.2) is 6.10 Å². The number of aliphatic carboxylic acids is 1. The van der Waals surface area contributed by atoms with Gasteiger partial charge in [0.2, 0.25) is 11.4 Å². The van der Waals surface area contributed by atoms with Crippen molar-refractivity contribution in [1.29, 1.82) is 0 Å². The summed E-state index contributed by atoms with van der Waals surface area (Å²) >= 11 is 3.39. The first-order chi connectivity index (χ1) is 14.0. The quantitative estimate of drug-likeness (QED) is 0.434. The summed E-state index contributed by atoms with van der Waals surface area (Å²) in [5.41, 5.74) is -0.102. The van der Waals surface area contributed by atoms with Gasteiger partial charge < -0.3 is 19.7 Å². The second-order valence-electron chi connectivity index (χ2n) is 6.64. The normalized spacial score (nSPS) is 20.6. The second kappa shape index (κ2) is 9.24. The number of benzene rings is 2. The molecule has 7 heteroatoms. The standard InChI is InChI=1S/C22H22BrNO5/c1-2-12-22(21(26)27)19(15-4-8-17(23)9-5-15)29-20(24-22)16-6-10-18(11-7-16)28-14-3-13-25/h2,4-11,19,25H,1,3,12-14H2,(H,26,27)/t19-,22-/m1/s1. The molecule has 2 aromatic rings. The Hall–Kier alpha value is -2.64. The van der Waals surface area contributed by atoms with E-state index >= 15 is 0 Å². The van der Waals surface area contributed by atoms with Crippen molar-refractivity contribution in [2.75, 3.05) is 13.2 Å². The van der Waals surface area contributed by atoms with Gasteiger partial charge >= 0.3 is 5.97 Å². The summed E-state index contributed by atoms with van der Waals surface area (Å²) < 4.78 is 12.5. The van der Waals surface area contributed by atoms with Gasteiger partial charge in [0.1, 0.15) is 5.75 Å². The molecule has 2 N–H and O–H groups in total. The summed E-state index contributed by atoms with van der Waals surface area (Å²) in [5, 5.41) is 18.9. The number of hydrogen-bond acceptors (Lipinski definition) is 5. The third kappa shape index (κ3) is 4.52. The van der Waals surface area contributed by atoms with Crippen molar-refractivity contribution in [3.05, 3.63) is 76.8 Å². The number of ether oxygens (including phenoxy) is 2. The van der Waals surface area contributed by atoms with Crippen molar-refractivity contribution in [2.24, 2.45) is 4.99 Å². The van der Waals surface area contributed by atoms with Crippen molar-refractivity contribution in [1.82, 2.24) is 0 Å². The largest absolute Gasteiger partial charge is 0.494 e. The third-order valence-electron chi connectivity index (χ3n) is 4.64. The highest BCUT2D eigenvalue weighted by Crippen LogP contribution is 2.42. The average Bonchev–Trinajstić information content (AvgIpc) is 3.10. The molecule has 29 heavy (non-hydrogen) atoms. The molecule has 0 radical (unpaired) electrons. The van der Waals surface area contributed by atoms with Crippen molar-refractivity contribution in [3.8, 4) is 5.75 Å². The fourth-order valence-corrected chi connectivity index (χ4v) is 3.42. The number of carboxylic acids is 1. The molecule has 6 nitrogen and oxygen atoms in total. The maximum absolute atomic E-state index is 12.3. The van der Waals surface area contributed by atoms with Crippen molar-refractivity contribution < 1.29 is 24.5 Å². The van der Waals surface area contributed by atoms with Crippen LogP contribution in [0.15, 0.2) is 70.7 Å². The van der Waals surface area contributed by atoms with Crippen LogP contribution < -0.4 is 4.74 Å². The third-order valence-corrected chi connectivity index (χ3v) is 5.16. The lowest BCUT2D eigenvalue weighted by atomic mass is 9.85. The summed E-state index contributed by atoms with van der Waals surface area (Å²) in [6.45, 7) is 4.20. The number of aliphatic imine (C=N–C) groups is 1. The van der Waals surface area contributed by atoms with Crippen LogP contribution in [0.5, 0.6) is 5.75 Å². The fourth-order valence-electron chi connectivity index (χ4n) is 3.16. The molecule has 0 spiro atoms. The molecule has 0 saturated heterocycles. The average molecular weight is 460 g/mol. The minimum atomic E-state index is -1.48. The molecule has 1 heterocycles. The zero-order valence-corrected chi connectivity index (χ0v) is 17.3. The number of aliphatic hydroxyl groups excluding tert-OH is 1. The number of aliphatic hydroxyl groups is 1. The zero-order chi connectivity index (χ0) is 20.9. The van der Waals surface area contributed by atoms with E-state index in [1.807, 2.05) is 24.3 Å². The number of carboxylic acid groups (broad SMARTS) is 1. The van der Waals surface area contributed by atoms with E-state index in [0.717, 1.165) is 10.0 Å². The van der Waals surface area contributed by atoms with Gasteiger partial charge in [0.25, 0.3) is 0 Å². The van der Waals surface area contributed by atoms with E-state index in [1.54, 1.807) is 30.3 Å². The minimum absolute atomic E-state index is 0.0702. The smallest absolute Gasteiger partial charge is 0.336 e. The molecule has 1 aliphatic heterocycles. The van der Waals surface area contributed by atoms with E-state index in [0.29, 0.717) is 24.3 Å². The highest BCUT2D eigenvalue weighted by Gasteiger charge is 2.52. The Bertz CT molecular complexity index is 894. The number of carbonyl (C=O) groups is 1. The van der Waals surface area contributed by atoms with Crippen molar-refractivity contribution >= 4 is 27.8 Å². The first-order valence-electron chi connectivity index (χ1n) is 9.20. The molecule has 0 aromatic heterocycles. The lowest BCUT2D eigenvalue weighted by molar-refractivity contribution is -0.146. The van der Waals surface area contributed by atoms with Crippen LogP contribution in [0.4, 0.5) is 0 Å². The Morgan fingerprint density at radius 3 is 2.52 bits per heavy atom. The second-order valence-corrected chi connectivity index (χ2v) is 7.55. The molecule has 3 rings (SSSR count). The molecule has 0 saturated carbocycles. The molecule has 0 aliphatic carbocycles. The minimum Gasteiger partial charge on any atom is -0.494 e. The van der Waals surface area contributed by atoms with Gasteiger partial charge in [0.05, 0.1) is 6.61 Å². The number of rotatable bonds is 9. The number of nitrogens with zero attached hydrogens (tertiary/aromatic N) is 1. The lowest BCUT2D eigenvalue weighted by Gasteiger charge is -2.26. The Morgan fingerprint density at radius 1 is 1.24 bits per heavy atom. The van der Waals surface area contributed by atoms with Crippen LogP contribution in [0.2, 0.25) is 0 Å². The van der Waals surface area contributed by atoms with Gasteiger partial charge in [-0.05, 0) is 42.0 Å². The molecule has 1 aliphatic rings. The molecule has 0 bridgehead atoms. The summed E-state index contributed by atoms with van der Waals surface area (Å²) in [7, 11) is 0. The van der Waals surface area contributed by atoms with Crippen molar-refractivity contribution in [2.45, 2.75) is 24.5 Å². The maximum atomic E-state index is 12.3. The molecule has 2 atom stereocenters. The van der Waals surface area contributed by atoms with Crippen LogP contribution >= 0.6 is 15.9 Å². The van der Waals surface area contributed by atoms with Crippen LogP contribution in [-0.4, -0.2) is 40.8 Å². The predicted molar refractivity (Wildman–Crippen MR) is 113 cm³/mol. The summed E-state index contributed by atoms with van der Waals surface area (Å²) in [6, 6.07) is 14.4. The summed E-state index contributed by atoms with van der Waals surface area (Å²) in [4.78, 5) is 16.8. The summed E-state index contributed by atoms with van der Waals surface area (Å²) in [5.74, 6) is -0.144. The van der Waals surface area contributed by atoms with E-state index in [9.17, 15) is 9.90 Å². The zero-order valence-electron chi connectivity index (χ0n) is 15.8. The molecule has 2 aromatic carbocycles. The highest BCUT2D eigenvalue weighted by molar-refractivity contribution is 9.10. The molecule has 152 valence electrons. The monoisotopic (exact) mass is 459 g/mol. The Kier molecular flexibility index (Phi) is 6.71. The van der Waals surface area contributed by atoms with Crippen LogP contribution in [0.3, 0.4) is 0 Å². The molecule has 0 fully saturated rings. The Morgan fingerprint density at radius 2 is 1.93 bits per heavy atom. The first kappa shape index (κ1) is 21.1. The van der Waals surface area contributed by atoms with E-state index in [1.165, 1.54) is 0 Å². The van der Waals surface area contributed by atoms with Gasteiger partial charge in [0, 0.05) is 29.5 Å².